The zero-order valence-electron chi connectivity index (χ0n) is 15.9. The fourth-order valence-corrected chi connectivity index (χ4v) is 3.89. The lowest BCUT2D eigenvalue weighted by Crippen LogP contribution is -2.39. The van der Waals surface area contributed by atoms with Crippen molar-refractivity contribution in [2.24, 2.45) is 0 Å². The maximum absolute atomic E-state index is 12.3. The third-order valence-corrected chi connectivity index (χ3v) is 6.14. The summed E-state index contributed by atoms with van der Waals surface area (Å²) >= 11 is 9.48. The van der Waals surface area contributed by atoms with Crippen LogP contribution in [-0.2, 0) is 27.9 Å². The lowest BCUT2D eigenvalue weighted by molar-refractivity contribution is -0.121. The van der Waals surface area contributed by atoms with E-state index in [9.17, 15) is 13.2 Å². The van der Waals surface area contributed by atoms with Gasteiger partial charge in [0.1, 0.15) is 0 Å². The molecule has 0 saturated carbocycles. The number of benzene rings is 2. The second kappa shape index (κ2) is 9.69. The van der Waals surface area contributed by atoms with Crippen LogP contribution in [0.25, 0.3) is 11.4 Å². The number of amides is 1. The van der Waals surface area contributed by atoms with E-state index in [0.717, 1.165) is 20.6 Å². The minimum Gasteiger partial charge on any atom is -0.346 e. The standard InChI is InChI=1S/C19H18BrClN4O4S/c1-30(27,28)25(11-14-5-2-3-8-16(14)21)12-17(26)22-10-18-23-19(24-29-18)13-6-4-7-15(20)9-13/h2-9H,10-12H2,1H3,(H,22,26). The molecule has 158 valence electrons. The largest absolute Gasteiger partial charge is 0.346 e. The van der Waals surface area contributed by atoms with E-state index in [1.807, 2.05) is 24.3 Å². The van der Waals surface area contributed by atoms with Crippen molar-refractivity contribution in [3.8, 4) is 11.4 Å². The molecule has 11 heteroatoms. The molecule has 8 nitrogen and oxygen atoms in total. The second-order valence-corrected chi connectivity index (χ2v) is 9.73. The molecule has 0 saturated heterocycles. The van der Waals surface area contributed by atoms with Gasteiger partial charge in [-0.3, -0.25) is 4.79 Å². The maximum atomic E-state index is 12.3. The molecule has 0 spiro atoms. The smallest absolute Gasteiger partial charge is 0.246 e. The van der Waals surface area contributed by atoms with Crippen LogP contribution >= 0.6 is 27.5 Å². The monoisotopic (exact) mass is 512 g/mol. The van der Waals surface area contributed by atoms with Crippen molar-refractivity contribution < 1.29 is 17.7 Å². The summed E-state index contributed by atoms with van der Waals surface area (Å²) in [5.41, 5.74) is 1.36. The molecule has 0 fully saturated rings. The Kier molecular flexibility index (Phi) is 7.24. The van der Waals surface area contributed by atoms with Crippen molar-refractivity contribution in [1.82, 2.24) is 19.8 Å². The molecule has 0 atom stereocenters. The molecule has 3 aromatic rings. The molecule has 1 aromatic heterocycles. The number of hydrogen-bond donors (Lipinski definition) is 1. The van der Waals surface area contributed by atoms with Gasteiger partial charge in [-0.15, -0.1) is 0 Å². The Hall–Kier alpha value is -2.27. The van der Waals surface area contributed by atoms with E-state index in [4.69, 9.17) is 16.1 Å². The van der Waals surface area contributed by atoms with E-state index in [-0.39, 0.29) is 25.5 Å². The Balaban J connectivity index is 1.62. The van der Waals surface area contributed by atoms with Crippen LogP contribution in [0.4, 0.5) is 0 Å². The van der Waals surface area contributed by atoms with E-state index in [0.29, 0.717) is 16.4 Å². The van der Waals surface area contributed by atoms with Crippen LogP contribution in [0.5, 0.6) is 0 Å². The first kappa shape index (κ1) is 22.4. The van der Waals surface area contributed by atoms with Gasteiger partial charge in [0.25, 0.3) is 0 Å². The van der Waals surface area contributed by atoms with Gasteiger partial charge in [-0.1, -0.05) is 63.0 Å². The van der Waals surface area contributed by atoms with Gasteiger partial charge in [-0.2, -0.15) is 9.29 Å². The lowest BCUT2D eigenvalue weighted by atomic mass is 10.2. The summed E-state index contributed by atoms with van der Waals surface area (Å²) in [6.45, 7) is -0.403. The first-order valence-electron chi connectivity index (χ1n) is 8.76. The van der Waals surface area contributed by atoms with Gasteiger partial charge in [0.15, 0.2) is 0 Å². The van der Waals surface area contributed by atoms with Crippen LogP contribution in [0, 0.1) is 0 Å². The van der Waals surface area contributed by atoms with Crippen LogP contribution in [0.1, 0.15) is 11.5 Å². The summed E-state index contributed by atoms with van der Waals surface area (Å²) in [4.78, 5) is 16.6. The Bertz CT molecular complexity index is 1150. The number of carbonyl (C=O) groups excluding carboxylic acids is 1. The number of aromatic nitrogens is 2. The van der Waals surface area contributed by atoms with Gasteiger partial charge in [0.2, 0.25) is 27.6 Å². The third-order valence-electron chi connectivity index (χ3n) is 4.08. The molecule has 30 heavy (non-hydrogen) atoms. The number of halogens is 2. The average Bonchev–Trinajstić information content (AvgIpc) is 3.16. The molecule has 0 aliphatic heterocycles. The van der Waals surface area contributed by atoms with Crippen molar-refractivity contribution in [1.29, 1.82) is 0 Å². The quantitative estimate of drug-likeness (QED) is 0.496. The molecular formula is C19H18BrClN4O4S. The van der Waals surface area contributed by atoms with E-state index in [1.54, 1.807) is 24.3 Å². The Morgan fingerprint density at radius 3 is 2.70 bits per heavy atom. The van der Waals surface area contributed by atoms with Crippen molar-refractivity contribution in [3.63, 3.8) is 0 Å². The van der Waals surface area contributed by atoms with Gasteiger partial charge < -0.3 is 9.84 Å². The topological polar surface area (TPSA) is 105 Å². The van der Waals surface area contributed by atoms with Gasteiger partial charge >= 0.3 is 0 Å². The normalized spacial score (nSPS) is 11.6. The molecule has 1 heterocycles. The van der Waals surface area contributed by atoms with Gasteiger partial charge in [-0.05, 0) is 23.8 Å². The van der Waals surface area contributed by atoms with Crippen LogP contribution < -0.4 is 5.32 Å². The van der Waals surface area contributed by atoms with Gasteiger partial charge in [0, 0.05) is 21.6 Å². The summed E-state index contributed by atoms with van der Waals surface area (Å²) in [5, 5.41) is 6.91. The molecular weight excluding hydrogens is 496 g/mol. The highest BCUT2D eigenvalue weighted by Gasteiger charge is 2.22. The third kappa shape index (κ3) is 6.11. The van der Waals surface area contributed by atoms with E-state index in [1.165, 1.54) is 0 Å². The highest BCUT2D eigenvalue weighted by molar-refractivity contribution is 9.10. The summed E-state index contributed by atoms with van der Waals surface area (Å²) in [6, 6.07) is 14.3. The summed E-state index contributed by atoms with van der Waals surface area (Å²) in [7, 11) is -3.64. The molecule has 0 bridgehead atoms. The van der Waals surface area contributed by atoms with Crippen LogP contribution in [-0.4, -0.2) is 41.6 Å². The highest BCUT2D eigenvalue weighted by atomic mass is 79.9. The minimum atomic E-state index is -3.64. The number of rotatable bonds is 8. The van der Waals surface area contributed by atoms with Gasteiger partial charge in [-0.25, -0.2) is 8.42 Å². The number of carbonyl (C=O) groups is 1. The second-order valence-electron chi connectivity index (χ2n) is 6.42. The Morgan fingerprint density at radius 1 is 1.23 bits per heavy atom. The Morgan fingerprint density at radius 2 is 2.00 bits per heavy atom. The Labute approximate surface area is 187 Å². The van der Waals surface area contributed by atoms with E-state index >= 15 is 0 Å². The lowest BCUT2D eigenvalue weighted by Gasteiger charge is -2.20. The SMILES string of the molecule is CS(=O)(=O)N(CC(=O)NCc1nc(-c2cccc(Br)c2)no1)Cc1ccccc1Cl. The minimum absolute atomic E-state index is 0.0144. The number of nitrogens with one attached hydrogen (secondary N) is 1. The fraction of sp³-hybridized carbons (Fsp3) is 0.211. The summed E-state index contributed by atoms with van der Waals surface area (Å²) in [5.74, 6) is 0.0852. The molecule has 0 aliphatic carbocycles. The van der Waals surface area contributed by atoms with E-state index < -0.39 is 15.9 Å². The van der Waals surface area contributed by atoms with Crippen LogP contribution in [0.15, 0.2) is 57.5 Å². The molecule has 0 radical (unpaired) electrons. The molecule has 0 aliphatic rings. The molecule has 0 unspecified atom stereocenters. The number of hydrogen-bond acceptors (Lipinski definition) is 6. The van der Waals surface area contributed by atoms with Gasteiger partial charge in [0.05, 0.1) is 19.3 Å². The first-order chi connectivity index (χ1) is 14.2. The molecule has 3 rings (SSSR count). The summed E-state index contributed by atoms with van der Waals surface area (Å²) in [6.07, 6.45) is 1.04. The van der Waals surface area contributed by atoms with Crippen molar-refractivity contribution in [2.45, 2.75) is 13.1 Å². The van der Waals surface area contributed by atoms with Crippen molar-refractivity contribution in [2.75, 3.05) is 12.8 Å². The van der Waals surface area contributed by atoms with Crippen LogP contribution in [0.2, 0.25) is 5.02 Å². The zero-order chi connectivity index (χ0) is 21.7. The van der Waals surface area contributed by atoms with E-state index in [2.05, 4.69) is 31.4 Å². The number of nitrogens with zero attached hydrogens (tertiary/aromatic N) is 3. The fourth-order valence-electron chi connectivity index (χ4n) is 2.57. The van der Waals surface area contributed by atoms with Crippen molar-refractivity contribution >= 4 is 43.5 Å². The number of sulfonamides is 1. The maximum Gasteiger partial charge on any atom is 0.246 e. The predicted octanol–water partition coefficient (Wildman–Crippen LogP) is 3.23. The van der Waals surface area contributed by atoms with Crippen LogP contribution in [0.3, 0.4) is 0 Å². The van der Waals surface area contributed by atoms with Crippen molar-refractivity contribution in [3.05, 3.63) is 69.5 Å². The predicted molar refractivity (Wildman–Crippen MR) is 116 cm³/mol. The first-order valence-corrected chi connectivity index (χ1v) is 11.8. The molecule has 2 aromatic carbocycles. The average molecular weight is 514 g/mol. The zero-order valence-corrected chi connectivity index (χ0v) is 19.0. The molecule has 1 amide bonds. The molecule has 1 N–H and O–H groups in total. The highest BCUT2D eigenvalue weighted by Crippen LogP contribution is 2.20. The summed E-state index contributed by atoms with van der Waals surface area (Å²) < 4.78 is 31.3.